The van der Waals surface area contributed by atoms with Gasteiger partial charge in [-0.2, -0.15) is 0 Å². The van der Waals surface area contributed by atoms with E-state index in [9.17, 15) is 13.2 Å². The van der Waals surface area contributed by atoms with Crippen LogP contribution < -0.4 is 15.2 Å². The van der Waals surface area contributed by atoms with Crippen molar-refractivity contribution in [3.8, 4) is 18.1 Å². The zero-order chi connectivity index (χ0) is 15.3. The Morgan fingerprint density at radius 3 is 2.75 bits per heavy atom. The van der Waals surface area contributed by atoms with Crippen LogP contribution in [-0.2, 0) is 14.8 Å². The normalized spacial score (nSPS) is 12.3. The van der Waals surface area contributed by atoms with Crippen molar-refractivity contribution in [1.82, 2.24) is 5.32 Å². The van der Waals surface area contributed by atoms with E-state index in [1.54, 1.807) is 6.92 Å². The van der Waals surface area contributed by atoms with Crippen LogP contribution >= 0.6 is 15.9 Å². The number of carbonyl (C=O) groups is 1. The van der Waals surface area contributed by atoms with Gasteiger partial charge in [-0.1, -0.05) is 5.92 Å². The SMILES string of the molecule is C#CCNC(=O)C(C)Oc1ccc(S(N)(=O)=O)cc1Br. The minimum Gasteiger partial charge on any atom is -0.480 e. The third-order valence-corrected chi connectivity index (χ3v) is 3.80. The molecule has 1 unspecified atom stereocenters. The molecule has 0 saturated carbocycles. The Balaban J connectivity index is 2.84. The van der Waals surface area contributed by atoms with Gasteiger partial charge >= 0.3 is 0 Å². The minimum atomic E-state index is -3.79. The van der Waals surface area contributed by atoms with Crippen LogP contribution in [0.15, 0.2) is 27.6 Å². The molecule has 0 bridgehead atoms. The lowest BCUT2D eigenvalue weighted by Crippen LogP contribution is -2.36. The maximum absolute atomic E-state index is 11.6. The monoisotopic (exact) mass is 360 g/mol. The predicted octanol–water partition coefficient (Wildman–Crippen LogP) is 0.613. The van der Waals surface area contributed by atoms with Gasteiger partial charge < -0.3 is 10.1 Å². The fraction of sp³-hybridized carbons (Fsp3) is 0.250. The van der Waals surface area contributed by atoms with E-state index < -0.39 is 16.1 Å². The lowest BCUT2D eigenvalue weighted by Gasteiger charge is -2.15. The van der Waals surface area contributed by atoms with E-state index in [1.807, 2.05) is 0 Å². The molecule has 1 rings (SSSR count). The van der Waals surface area contributed by atoms with Gasteiger partial charge in [0.25, 0.3) is 5.91 Å². The lowest BCUT2D eigenvalue weighted by atomic mass is 10.3. The number of nitrogens with one attached hydrogen (secondary N) is 1. The highest BCUT2D eigenvalue weighted by atomic mass is 79.9. The molecule has 0 fully saturated rings. The van der Waals surface area contributed by atoms with Gasteiger partial charge in [0.05, 0.1) is 15.9 Å². The molecule has 0 aliphatic carbocycles. The van der Waals surface area contributed by atoms with Gasteiger partial charge in [0.1, 0.15) is 5.75 Å². The van der Waals surface area contributed by atoms with Crippen molar-refractivity contribution in [2.24, 2.45) is 5.14 Å². The number of primary sulfonamides is 1. The summed E-state index contributed by atoms with van der Waals surface area (Å²) in [6.45, 7) is 1.66. The van der Waals surface area contributed by atoms with Crippen LogP contribution in [0.5, 0.6) is 5.75 Å². The molecular weight excluding hydrogens is 348 g/mol. The lowest BCUT2D eigenvalue weighted by molar-refractivity contribution is -0.127. The third kappa shape index (κ3) is 4.52. The fourth-order valence-corrected chi connectivity index (χ4v) is 2.44. The minimum absolute atomic E-state index is 0.0545. The molecule has 0 radical (unpaired) electrons. The number of rotatable bonds is 5. The second kappa shape index (κ2) is 6.74. The van der Waals surface area contributed by atoms with Gasteiger partial charge in [-0.05, 0) is 41.1 Å². The predicted molar refractivity (Wildman–Crippen MR) is 77.4 cm³/mol. The molecule has 0 aromatic heterocycles. The molecule has 0 spiro atoms. The van der Waals surface area contributed by atoms with Crippen molar-refractivity contribution in [1.29, 1.82) is 0 Å². The number of hydrogen-bond donors (Lipinski definition) is 2. The number of halogens is 1. The molecule has 108 valence electrons. The molecule has 0 heterocycles. The highest BCUT2D eigenvalue weighted by Crippen LogP contribution is 2.28. The maximum Gasteiger partial charge on any atom is 0.261 e. The third-order valence-electron chi connectivity index (χ3n) is 2.27. The highest BCUT2D eigenvalue weighted by Gasteiger charge is 2.17. The first kappa shape index (κ1) is 16.5. The van der Waals surface area contributed by atoms with E-state index in [0.29, 0.717) is 10.2 Å². The number of sulfonamides is 1. The Hall–Kier alpha value is -1.56. The standard InChI is InChI=1S/C12H13BrN2O4S/c1-3-6-15-12(16)8(2)19-11-5-4-9(7-10(11)13)20(14,17)18/h1,4-5,7-8H,6H2,2H3,(H,15,16)(H2,14,17,18). The quantitative estimate of drug-likeness (QED) is 0.751. The second-order valence-corrected chi connectivity index (χ2v) is 6.24. The molecule has 1 atom stereocenters. The van der Waals surface area contributed by atoms with Crippen LogP contribution in [0.4, 0.5) is 0 Å². The highest BCUT2D eigenvalue weighted by molar-refractivity contribution is 9.10. The van der Waals surface area contributed by atoms with Crippen molar-refractivity contribution in [3.63, 3.8) is 0 Å². The van der Waals surface area contributed by atoms with Crippen molar-refractivity contribution in [2.45, 2.75) is 17.9 Å². The van der Waals surface area contributed by atoms with Gasteiger partial charge in [0.15, 0.2) is 6.10 Å². The molecule has 20 heavy (non-hydrogen) atoms. The average Bonchev–Trinajstić information content (AvgIpc) is 2.36. The maximum atomic E-state index is 11.6. The van der Waals surface area contributed by atoms with Crippen molar-refractivity contribution >= 4 is 31.9 Å². The molecule has 1 aromatic rings. The van der Waals surface area contributed by atoms with Gasteiger partial charge in [-0.15, -0.1) is 6.42 Å². The van der Waals surface area contributed by atoms with Crippen molar-refractivity contribution in [3.05, 3.63) is 22.7 Å². The number of benzene rings is 1. The number of ether oxygens (including phenoxy) is 1. The summed E-state index contributed by atoms with van der Waals surface area (Å²) < 4.78 is 28.1. The summed E-state index contributed by atoms with van der Waals surface area (Å²) in [6, 6.07) is 4.01. The zero-order valence-electron chi connectivity index (χ0n) is 10.6. The molecule has 8 heteroatoms. The summed E-state index contributed by atoms with van der Waals surface area (Å²) in [4.78, 5) is 11.5. The smallest absolute Gasteiger partial charge is 0.261 e. The largest absolute Gasteiger partial charge is 0.480 e. The Kier molecular flexibility index (Phi) is 5.56. The van der Waals surface area contributed by atoms with E-state index in [4.69, 9.17) is 16.3 Å². The van der Waals surface area contributed by atoms with Crippen molar-refractivity contribution < 1.29 is 17.9 Å². The van der Waals surface area contributed by atoms with E-state index in [-0.39, 0.29) is 17.3 Å². The number of nitrogens with two attached hydrogens (primary N) is 1. The molecule has 3 N–H and O–H groups in total. The average molecular weight is 361 g/mol. The Morgan fingerprint density at radius 1 is 1.60 bits per heavy atom. The Labute approximate surface area is 125 Å². The van der Waals surface area contributed by atoms with Crippen LogP contribution in [0.1, 0.15) is 6.92 Å². The Morgan fingerprint density at radius 2 is 2.25 bits per heavy atom. The first-order valence-electron chi connectivity index (χ1n) is 5.46. The van der Waals surface area contributed by atoms with E-state index in [0.717, 1.165) is 0 Å². The van der Waals surface area contributed by atoms with Crippen LogP contribution in [0.3, 0.4) is 0 Å². The van der Waals surface area contributed by atoms with E-state index >= 15 is 0 Å². The number of terminal acetylenes is 1. The summed E-state index contributed by atoms with van der Waals surface area (Å²) in [5.41, 5.74) is 0. The number of amides is 1. The molecule has 6 nitrogen and oxygen atoms in total. The molecule has 1 aromatic carbocycles. The van der Waals surface area contributed by atoms with Crippen LogP contribution in [0, 0.1) is 12.3 Å². The summed E-state index contributed by atoms with van der Waals surface area (Å²) in [7, 11) is -3.79. The van der Waals surface area contributed by atoms with Gasteiger partial charge in [-0.25, -0.2) is 13.6 Å². The zero-order valence-corrected chi connectivity index (χ0v) is 13.0. The summed E-state index contributed by atoms with van der Waals surface area (Å²) >= 11 is 3.16. The molecule has 0 aliphatic rings. The molecular formula is C12H13BrN2O4S. The number of carbonyl (C=O) groups excluding carboxylic acids is 1. The van der Waals surface area contributed by atoms with Gasteiger partial charge in [-0.3, -0.25) is 4.79 Å². The Bertz CT molecular complexity index is 652. The number of hydrogen-bond acceptors (Lipinski definition) is 4. The second-order valence-electron chi connectivity index (χ2n) is 3.82. The summed E-state index contributed by atoms with van der Waals surface area (Å²) in [6.07, 6.45) is 4.25. The summed E-state index contributed by atoms with van der Waals surface area (Å²) in [5.74, 6) is 2.23. The summed E-state index contributed by atoms with van der Waals surface area (Å²) in [5, 5.41) is 7.48. The molecule has 0 saturated heterocycles. The van der Waals surface area contributed by atoms with Crippen molar-refractivity contribution in [2.75, 3.05) is 6.54 Å². The fourth-order valence-electron chi connectivity index (χ4n) is 1.28. The van der Waals surface area contributed by atoms with Gasteiger partial charge in [0.2, 0.25) is 10.0 Å². The van der Waals surface area contributed by atoms with E-state index in [1.165, 1.54) is 18.2 Å². The first-order chi connectivity index (χ1) is 9.25. The van der Waals surface area contributed by atoms with Crippen LogP contribution in [0.2, 0.25) is 0 Å². The van der Waals surface area contributed by atoms with Crippen LogP contribution in [0.25, 0.3) is 0 Å². The first-order valence-corrected chi connectivity index (χ1v) is 7.80. The van der Waals surface area contributed by atoms with Gasteiger partial charge in [0, 0.05) is 0 Å². The molecule has 1 amide bonds. The topological polar surface area (TPSA) is 98.5 Å². The molecule has 0 aliphatic heterocycles. The van der Waals surface area contributed by atoms with E-state index in [2.05, 4.69) is 27.2 Å². The van der Waals surface area contributed by atoms with Crippen LogP contribution in [-0.4, -0.2) is 27.0 Å².